The van der Waals surface area contributed by atoms with Gasteiger partial charge in [-0.3, -0.25) is 4.55 Å². The number of hydrogen-bond donors (Lipinski definition) is 1. The third-order valence-corrected chi connectivity index (χ3v) is 3.76. The molecule has 0 saturated heterocycles. The first-order valence-corrected chi connectivity index (χ1v) is 9.78. The Bertz CT molecular complexity index is 416. The molecule has 136 valence electrons. The van der Waals surface area contributed by atoms with Gasteiger partial charge in [-0.2, -0.15) is 8.42 Å². The number of unbranched alkanes of at least 4 members (excludes halogenated alkanes) is 10. The van der Waals surface area contributed by atoms with Gasteiger partial charge in [-0.25, -0.2) is 8.98 Å². The molecule has 0 spiro atoms. The summed E-state index contributed by atoms with van der Waals surface area (Å²) in [4.78, 5) is 11.0. The molecule has 0 rings (SSSR count). The summed E-state index contributed by atoms with van der Waals surface area (Å²) in [6.07, 6.45) is 16.4. The maximum Gasteiger partial charge on any atom is 0.397 e. The van der Waals surface area contributed by atoms with Gasteiger partial charge in [0.1, 0.15) is 0 Å². The Morgan fingerprint density at radius 1 is 0.957 bits per heavy atom. The lowest BCUT2D eigenvalue weighted by atomic mass is 10.1. The van der Waals surface area contributed by atoms with E-state index < -0.39 is 23.0 Å². The van der Waals surface area contributed by atoms with E-state index in [2.05, 4.69) is 15.8 Å². The first kappa shape index (κ1) is 22.1. The van der Waals surface area contributed by atoms with E-state index >= 15 is 0 Å². The summed E-state index contributed by atoms with van der Waals surface area (Å²) in [7, 11) is -4.60. The van der Waals surface area contributed by atoms with Crippen LogP contribution in [-0.2, 0) is 24.1 Å². The molecule has 0 aromatic carbocycles. The van der Waals surface area contributed by atoms with Crippen LogP contribution < -0.4 is 0 Å². The Kier molecular flexibility index (Phi) is 14.1. The van der Waals surface area contributed by atoms with E-state index in [0.29, 0.717) is 0 Å². The standard InChI is InChI=1S/C16H30O6S/c1-2-3-4-5-6-7-8-9-10-11-12-13-14-21-16(17)15-22-23(18,19)20/h13-14H,2-12,15H2,1H3,(H,18,19,20). The van der Waals surface area contributed by atoms with Crippen molar-refractivity contribution < 1.29 is 26.7 Å². The maximum atomic E-state index is 11.0. The van der Waals surface area contributed by atoms with E-state index in [1.54, 1.807) is 6.08 Å². The number of ether oxygens (including phenoxy) is 1. The highest BCUT2D eigenvalue weighted by Gasteiger charge is 2.09. The topological polar surface area (TPSA) is 89.9 Å². The zero-order valence-corrected chi connectivity index (χ0v) is 14.9. The van der Waals surface area contributed by atoms with Gasteiger partial charge in [0.05, 0.1) is 6.26 Å². The van der Waals surface area contributed by atoms with Crippen molar-refractivity contribution in [2.24, 2.45) is 0 Å². The molecule has 0 atom stereocenters. The summed E-state index contributed by atoms with van der Waals surface area (Å²) in [6.45, 7) is 1.39. The lowest BCUT2D eigenvalue weighted by molar-refractivity contribution is -0.140. The van der Waals surface area contributed by atoms with Crippen molar-refractivity contribution >= 4 is 16.4 Å². The van der Waals surface area contributed by atoms with Crippen molar-refractivity contribution in [1.82, 2.24) is 0 Å². The highest BCUT2D eigenvalue weighted by Crippen LogP contribution is 2.11. The van der Waals surface area contributed by atoms with Crippen molar-refractivity contribution in [3.05, 3.63) is 12.3 Å². The summed E-state index contributed by atoms with van der Waals surface area (Å²) < 4.78 is 37.2. The lowest BCUT2D eigenvalue weighted by Crippen LogP contribution is -2.14. The summed E-state index contributed by atoms with van der Waals surface area (Å²) >= 11 is 0. The van der Waals surface area contributed by atoms with Crippen LogP contribution in [-0.4, -0.2) is 25.5 Å². The quantitative estimate of drug-likeness (QED) is 0.206. The molecule has 0 radical (unpaired) electrons. The summed E-state index contributed by atoms with van der Waals surface area (Å²) in [5.41, 5.74) is 0. The molecule has 0 unspecified atom stereocenters. The predicted octanol–water partition coefficient (Wildman–Crippen LogP) is 4.17. The van der Waals surface area contributed by atoms with Gasteiger partial charge in [-0.15, -0.1) is 0 Å². The maximum absolute atomic E-state index is 11.0. The second kappa shape index (κ2) is 14.7. The van der Waals surface area contributed by atoms with E-state index in [0.717, 1.165) is 19.3 Å². The molecule has 7 heteroatoms. The Balaban J connectivity index is 3.33. The summed E-state index contributed by atoms with van der Waals surface area (Å²) in [5.74, 6) is -0.873. The Hall–Kier alpha value is -0.920. The van der Waals surface area contributed by atoms with E-state index in [4.69, 9.17) is 4.55 Å². The molecule has 0 amide bonds. The van der Waals surface area contributed by atoms with Gasteiger partial charge in [0.2, 0.25) is 0 Å². The second-order valence-electron chi connectivity index (χ2n) is 5.52. The van der Waals surface area contributed by atoms with Gasteiger partial charge in [-0.05, 0) is 18.9 Å². The van der Waals surface area contributed by atoms with E-state index in [9.17, 15) is 13.2 Å². The highest BCUT2D eigenvalue weighted by molar-refractivity contribution is 7.80. The molecular formula is C16H30O6S. The number of esters is 1. The van der Waals surface area contributed by atoms with Crippen molar-refractivity contribution in [2.75, 3.05) is 6.61 Å². The van der Waals surface area contributed by atoms with Crippen molar-refractivity contribution in [2.45, 2.75) is 77.6 Å². The monoisotopic (exact) mass is 350 g/mol. The number of allylic oxidation sites excluding steroid dienone is 1. The van der Waals surface area contributed by atoms with Crippen LogP contribution in [0, 0.1) is 0 Å². The minimum absolute atomic E-state index is 0.808. The van der Waals surface area contributed by atoms with E-state index in [1.165, 1.54) is 57.6 Å². The van der Waals surface area contributed by atoms with Gasteiger partial charge in [0, 0.05) is 0 Å². The molecule has 0 saturated carbocycles. The fourth-order valence-corrected chi connectivity index (χ4v) is 2.34. The zero-order chi connectivity index (χ0) is 17.4. The van der Waals surface area contributed by atoms with Gasteiger partial charge in [-0.1, -0.05) is 64.7 Å². The highest BCUT2D eigenvalue weighted by atomic mass is 32.3. The van der Waals surface area contributed by atoms with Gasteiger partial charge in [0.15, 0.2) is 6.61 Å². The van der Waals surface area contributed by atoms with Gasteiger partial charge in [0.25, 0.3) is 0 Å². The molecule has 23 heavy (non-hydrogen) atoms. The van der Waals surface area contributed by atoms with Crippen LogP contribution in [0.2, 0.25) is 0 Å². The predicted molar refractivity (Wildman–Crippen MR) is 89.2 cm³/mol. The molecule has 0 aromatic heterocycles. The second-order valence-corrected chi connectivity index (χ2v) is 6.61. The molecule has 0 aliphatic heterocycles. The molecule has 0 fully saturated rings. The number of hydrogen-bond acceptors (Lipinski definition) is 5. The minimum atomic E-state index is -4.60. The van der Waals surface area contributed by atoms with Crippen LogP contribution in [0.25, 0.3) is 0 Å². The molecule has 0 bridgehead atoms. The fourth-order valence-electron chi connectivity index (χ4n) is 2.10. The van der Waals surface area contributed by atoms with Gasteiger partial charge < -0.3 is 4.74 Å². The smallest absolute Gasteiger partial charge is 0.397 e. The van der Waals surface area contributed by atoms with E-state index in [-0.39, 0.29) is 0 Å². The molecular weight excluding hydrogens is 320 g/mol. The third kappa shape index (κ3) is 19.0. The van der Waals surface area contributed by atoms with Crippen LogP contribution in [0.15, 0.2) is 12.3 Å². The number of carbonyl (C=O) groups excluding carboxylic acids is 1. The first-order chi connectivity index (χ1) is 11.0. The third-order valence-electron chi connectivity index (χ3n) is 3.35. The van der Waals surface area contributed by atoms with Crippen molar-refractivity contribution in [3.8, 4) is 0 Å². The van der Waals surface area contributed by atoms with Crippen LogP contribution >= 0.6 is 0 Å². The molecule has 0 heterocycles. The summed E-state index contributed by atoms with van der Waals surface area (Å²) in [6, 6.07) is 0. The Morgan fingerprint density at radius 3 is 2.00 bits per heavy atom. The van der Waals surface area contributed by atoms with Gasteiger partial charge >= 0.3 is 16.4 Å². The Morgan fingerprint density at radius 2 is 1.48 bits per heavy atom. The molecule has 0 aliphatic rings. The van der Waals surface area contributed by atoms with Crippen LogP contribution in [0.5, 0.6) is 0 Å². The minimum Gasteiger partial charge on any atom is -0.433 e. The molecule has 1 N–H and O–H groups in total. The van der Waals surface area contributed by atoms with Crippen LogP contribution in [0.3, 0.4) is 0 Å². The van der Waals surface area contributed by atoms with Crippen LogP contribution in [0.1, 0.15) is 77.6 Å². The molecule has 0 aliphatic carbocycles. The molecule has 0 aromatic rings. The number of carbonyl (C=O) groups is 1. The van der Waals surface area contributed by atoms with E-state index in [1.807, 2.05) is 0 Å². The van der Waals surface area contributed by atoms with Crippen LogP contribution in [0.4, 0.5) is 0 Å². The lowest BCUT2D eigenvalue weighted by Gasteiger charge is -2.01. The average molecular weight is 350 g/mol. The van der Waals surface area contributed by atoms with Crippen molar-refractivity contribution in [3.63, 3.8) is 0 Å². The normalized spacial score (nSPS) is 11.9. The van der Waals surface area contributed by atoms with Crippen molar-refractivity contribution in [1.29, 1.82) is 0 Å². The fraction of sp³-hybridized carbons (Fsp3) is 0.812. The molecule has 6 nitrogen and oxygen atoms in total. The summed E-state index contributed by atoms with van der Waals surface area (Å²) in [5, 5.41) is 0. The largest absolute Gasteiger partial charge is 0.433 e. The number of rotatable bonds is 15. The Labute approximate surface area is 140 Å². The average Bonchev–Trinajstić information content (AvgIpc) is 2.49. The zero-order valence-electron chi connectivity index (χ0n) is 14.0. The SMILES string of the molecule is CCCCCCCCCCCCC=COC(=O)COS(=O)(=O)O. The first-order valence-electron chi connectivity index (χ1n) is 8.42.